The van der Waals surface area contributed by atoms with Gasteiger partial charge in [-0.2, -0.15) is 0 Å². The van der Waals surface area contributed by atoms with Gasteiger partial charge in [0.05, 0.1) is 6.04 Å². The number of nitrogens with one attached hydrogen (secondary N) is 2. The number of alkyl carbamates (subject to hydrolysis) is 1. The Bertz CT molecular complexity index is 773. The van der Waals surface area contributed by atoms with Crippen LogP contribution in [0.2, 0.25) is 0 Å². The van der Waals surface area contributed by atoms with Crippen molar-refractivity contribution in [2.45, 2.75) is 126 Å². The van der Waals surface area contributed by atoms with E-state index in [1.54, 1.807) is 20.8 Å². The van der Waals surface area contributed by atoms with Gasteiger partial charge in [0.1, 0.15) is 17.9 Å². The van der Waals surface area contributed by atoms with Crippen molar-refractivity contribution in [2.24, 2.45) is 11.1 Å². The number of benzene rings is 1. The van der Waals surface area contributed by atoms with Gasteiger partial charge in [0.25, 0.3) is 0 Å². The van der Waals surface area contributed by atoms with Crippen molar-refractivity contribution in [1.82, 2.24) is 15.5 Å². The molecule has 4 unspecified atom stereocenters. The van der Waals surface area contributed by atoms with E-state index in [2.05, 4.69) is 41.8 Å². The molecular formula is C31H60N4O4. The third kappa shape index (κ3) is 17.0. The monoisotopic (exact) mass is 552 g/mol. The highest BCUT2D eigenvalue weighted by Gasteiger charge is 2.42. The van der Waals surface area contributed by atoms with Crippen LogP contribution in [0.5, 0.6) is 0 Å². The number of ether oxygens (including phenoxy) is 1. The summed E-state index contributed by atoms with van der Waals surface area (Å²) < 4.78 is 5.24. The zero-order chi connectivity index (χ0) is 31.4. The number of carbonyl (C=O) groups excluding carboxylic acids is 3. The van der Waals surface area contributed by atoms with Gasteiger partial charge in [-0.15, -0.1) is 0 Å². The van der Waals surface area contributed by atoms with Gasteiger partial charge in [-0.3, -0.25) is 4.79 Å². The maximum absolute atomic E-state index is 12.8. The molecule has 1 aromatic carbocycles. The van der Waals surface area contributed by atoms with Crippen LogP contribution in [-0.4, -0.2) is 60.5 Å². The summed E-state index contributed by atoms with van der Waals surface area (Å²) >= 11 is 0. The fraction of sp³-hybridized carbons (Fsp3) is 0.710. The third-order valence-corrected chi connectivity index (χ3v) is 5.32. The van der Waals surface area contributed by atoms with Crippen LogP contribution < -0.4 is 16.4 Å². The van der Waals surface area contributed by atoms with Crippen molar-refractivity contribution in [1.29, 1.82) is 0 Å². The summed E-state index contributed by atoms with van der Waals surface area (Å²) in [5.74, 6) is -0.312. The van der Waals surface area contributed by atoms with E-state index in [9.17, 15) is 14.4 Å². The van der Waals surface area contributed by atoms with E-state index in [4.69, 9.17) is 10.5 Å². The molecule has 1 aliphatic heterocycles. The molecule has 2 rings (SSSR count). The Hall–Kier alpha value is -2.45. The Labute approximate surface area is 239 Å². The summed E-state index contributed by atoms with van der Waals surface area (Å²) in [6.45, 7) is 25.3. The predicted molar refractivity (Wildman–Crippen MR) is 165 cm³/mol. The van der Waals surface area contributed by atoms with Crippen LogP contribution in [0.25, 0.3) is 0 Å². The van der Waals surface area contributed by atoms with Crippen molar-refractivity contribution >= 4 is 18.3 Å². The molecule has 1 aliphatic rings. The molecular weight excluding hydrogens is 492 g/mol. The first-order valence-corrected chi connectivity index (χ1v) is 14.4. The lowest BCUT2D eigenvalue weighted by Gasteiger charge is -2.35. The van der Waals surface area contributed by atoms with E-state index in [0.29, 0.717) is 19.0 Å². The second-order valence-corrected chi connectivity index (χ2v) is 10.6. The van der Waals surface area contributed by atoms with E-state index in [-0.39, 0.29) is 11.9 Å². The molecule has 1 aromatic rings. The fourth-order valence-corrected chi connectivity index (χ4v) is 3.43. The minimum Gasteiger partial charge on any atom is -0.444 e. The largest absolute Gasteiger partial charge is 0.444 e. The minimum absolute atomic E-state index is 0.226. The first-order valence-electron chi connectivity index (χ1n) is 14.4. The van der Waals surface area contributed by atoms with Gasteiger partial charge in [-0.1, -0.05) is 92.6 Å². The van der Waals surface area contributed by atoms with Crippen LogP contribution >= 0.6 is 0 Å². The van der Waals surface area contributed by atoms with Crippen LogP contribution in [0, 0.1) is 5.41 Å². The summed E-state index contributed by atoms with van der Waals surface area (Å²) in [5, 5.41) is 5.82. The van der Waals surface area contributed by atoms with Crippen molar-refractivity contribution in [3.8, 4) is 0 Å². The lowest BCUT2D eigenvalue weighted by atomic mass is 9.85. The number of rotatable bonds is 5. The summed E-state index contributed by atoms with van der Waals surface area (Å²) in [6.07, 6.45) is 0.521. The molecule has 0 bridgehead atoms. The van der Waals surface area contributed by atoms with Crippen LogP contribution in [-0.2, 0) is 14.3 Å². The maximum Gasteiger partial charge on any atom is 0.408 e. The molecule has 1 heterocycles. The summed E-state index contributed by atoms with van der Waals surface area (Å²) in [6, 6.07) is 9.30. The molecule has 39 heavy (non-hydrogen) atoms. The average molecular weight is 553 g/mol. The smallest absolute Gasteiger partial charge is 0.408 e. The van der Waals surface area contributed by atoms with Crippen molar-refractivity contribution in [3.63, 3.8) is 0 Å². The van der Waals surface area contributed by atoms with Gasteiger partial charge in [-0.25, -0.2) is 4.79 Å². The molecule has 4 N–H and O–H groups in total. The predicted octanol–water partition coefficient (Wildman–Crippen LogP) is 6.10. The highest BCUT2D eigenvalue weighted by atomic mass is 16.6. The number of amides is 2. The Morgan fingerprint density at radius 3 is 1.87 bits per heavy atom. The van der Waals surface area contributed by atoms with E-state index < -0.39 is 29.2 Å². The number of nitrogens with zero attached hydrogens (tertiary/aromatic N) is 1. The first-order chi connectivity index (χ1) is 18.2. The van der Waals surface area contributed by atoms with Crippen molar-refractivity contribution in [2.75, 3.05) is 13.6 Å². The summed E-state index contributed by atoms with van der Waals surface area (Å²) in [7, 11) is 1.97. The molecule has 1 fully saturated rings. The SMILES string of the molecule is CC.CC.CC.CC(C)(C)OC(=O)NC(C(=O)N1CC(N)CC1C=O)C(C)(C)C.CNC(C)c1ccccc1. The van der Waals surface area contributed by atoms with Crippen molar-refractivity contribution in [3.05, 3.63) is 35.9 Å². The molecule has 8 nitrogen and oxygen atoms in total. The van der Waals surface area contributed by atoms with Crippen molar-refractivity contribution < 1.29 is 19.1 Å². The normalized spacial score (nSPS) is 17.6. The molecule has 0 saturated carbocycles. The van der Waals surface area contributed by atoms with Gasteiger partial charge in [0.15, 0.2) is 0 Å². The molecule has 2 amide bonds. The fourth-order valence-electron chi connectivity index (χ4n) is 3.43. The number of hydrogen-bond acceptors (Lipinski definition) is 6. The lowest BCUT2D eigenvalue weighted by molar-refractivity contribution is -0.139. The minimum atomic E-state index is -0.801. The van der Waals surface area contributed by atoms with Crippen LogP contribution in [0.3, 0.4) is 0 Å². The molecule has 4 atom stereocenters. The molecule has 0 aliphatic carbocycles. The van der Waals surface area contributed by atoms with Gasteiger partial charge < -0.3 is 30.8 Å². The number of carbonyl (C=O) groups is 3. The zero-order valence-corrected chi connectivity index (χ0v) is 27.3. The van der Waals surface area contributed by atoms with E-state index in [1.165, 1.54) is 10.5 Å². The average Bonchev–Trinajstić information content (AvgIpc) is 3.30. The van der Waals surface area contributed by atoms with Gasteiger partial charge >= 0.3 is 6.09 Å². The molecule has 0 aromatic heterocycles. The van der Waals surface area contributed by atoms with Gasteiger partial charge in [0, 0.05) is 18.6 Å². The third-order valence-electron chi connectivity index (χ3n) is 5.32. The number of hydrogen-bond donors (Lipinski definition) is 3. The van der Waals surface area contributed by atoms with Crippen LogP contribution in [0.15, 0.2) is 30.3 Å². The van der Waals surface area contributed by atoms with Crippen LogP contribution in [0.4, 0.5) is 4.79 Å². The summed E-state index contributed by atoms with van der Waals surface area (Å²) in [5.41, 5.74) is 6.01. The molecule has 0 radical (unpaired) electrons. The number of likely N-dealkylation sites (tertiary alicyclic amines) is 1. The quantitative estimate of drug-likeness (QED) is 0.381. The highest BCUT2D eigenvalue weighted by molar-refractivity contribution is 5.88. The second kappa shape index (κ2) is 21.4. The second-order valence-electron chi connectivity index (χ2n) is 10.6. The highest BCUT2D eigenvalue weighted by Crippen LogP contribution is 2.25. The van der Waals surface area contributed by atoms with E-state index in [0.717, 1.165) is 6.29 Å². The Balaban J connectivity index is -0.000000671. The standard InChI is InChI=1S/C16H29N3O4.C9H13N.3C2H6/c1-15(2,3)12(18-14(22)23-16(4,5)6)13(21)19-8-10(17)7-11(19)9-20;1-8(10-2)9-6-4-3-5-7-9;3*1-2/h9-12H,7-8,17H2,1-6H3,(H,18,22);3-8,10H,1-2H3;3*1-2H3. The van der Waals surface area contributed by atoms with Gasteiger partial charge in [0.2, 0.25) is 5.91 Å². The Morgan fingerprint density at radius 2 is 1.49 bits per heavy atom. The molecule has 8 heteroatoms. The first kappa shape index (κ1) is 41.0. The Kier molecular flexibility index (Phi) is 22.5. The zero-order valence-electron chi connectivity index (χ0n) is 27.3. The van der Waals surface area contributed by atoms with E-state index in [1.807, 2.05) is 75.4 Å². The molecule has 228 valence electrons. The topological polar surface area (TPSA) is 114 Å². The maximum atomic E-state index is 12.8. The van der Waals surface area contributed by atoms with E-state index >= 15 is 0 Å². The Morgan fingerprint density at radius 1 is 1.00 bits per heavy atom. The number of aldehydes is 1. The lowest BCUT2D eigenvalue weighted by Crippen LogP contribution is -2.56. The molecule has 0 spiro atoms. The van der Waals surface area contributed by atoms with Crippen LogP contribution in [0.1, 0.15) is 108 Å². The van der Waals surface area contributed by atoms with Gasteiger partial charge in [-0.05, 0) is 52.1 Å². The molecule has 1 saturated heterocycles. The summed E-state index contributed by atoms with van der Waals surface area (Å²) in [4.78, 5) is 37.5. The number of nitrogens with two attached hydrogens (primary N) is 1.